The molecule has 1 amide bonds. The predicted molar refractivity (Wildman–Crippen MR) is 71.1 cm³/mol. The first kappa shape index (κ1) is 18.1. The van der Waals surface area contributed by atoms with Crippen molar-refractivity contribution in [1.82, 2.24) is 5.32 Å². The first-order valence-electron chi connectivity index (χ1n) is 6.45. The van der Waals surface area contributed by atoms with Crippen LogP contribution in [0.4, 0.5) is 13.2 Å². The molecule has 22 heavy (non-hydrogen) atoms. The molecule has 3 N–H and O–H groups in total. The molecule has 0 fully saturated rings. The van der Waals surface area contributed by atoms with Gasteiger partial charge in [0.1, 0.15) is 6.10 Å². The van der Waals surface area contributed by atoms with Crippen LogP contribution in [0.1, 0.15) is 35.4 Å². The van der Waals surface area contributed by atoms with Gasteiger partial charge in [-0.05, 0) is 12.0 Å². The molecule has 5 nitrogen and oxygen atoms in total. The minimum absolute atomic E-state index is 0.0734. The molecule has 2 atom stereocenters. The zero-order valence-corrected chi connectivity index (χ0v) is 11.7. The summed E-state index contributed by atoms with van der Waals surface area (Å²) in [6.07, 6.45) is -7.41. The van der Waals surface area contributed by atoms with Gasteiger partial charge in [-0.1, -0.05) is 24.3 Å². The van der Waals surface area contributed by atoms with Crippen LogP contribution in [0.3, 0.4) is 0 Å². The van der Waals surface area contributed by atoms with Gasteiger partial charge >= 0.3 is 6.18 Å². The van der Waals surface area contributed by atoms with Crippen molar-refractivity contribution in [2.45, 2.75) is 31.7 Å². The number of hydrogen-bond acceptors (Lipinski definition) is 4. The van der Waals surface area contributed by atoms with Crippen LogP contribution in [-0.2, 0) is 4.79 Å². The number of aliphatic hydroxyl groups is 2. The number of hydrogen-bond donors (Lipinski definition) is 3. The molecule has 0 heterocycles. The number of benzene rings is 1. The van der Waals surface area contributed by atoms with E-state index in [1.165, 1.54) is 6.92 Å². The van der Waals surface area contributed by atoms with Crippen molar-refractivity contribution in [3.05, 3.63) is 35.4 Å². The summed E-state index contributed by atoms with van der Waals surface area (Å²) >= 11 is 0. The van der Waals surface area contributed by atoms with Crippen molar-refractivity contribution in [2.75, 3.05) is 6.54 Å². The van der Waals surface area contributed by atoms with Crippen molar-refractivity contribution in [3.63, 3.8) is 0 Å². The molecule has 0 saturated heterocycles. The second-order valence-corrected chi connectivity index (χ2v) is 4.73. The molecular weight excluding hydrogens is 303 g/mol. The van der Waals surface area contributed by atoms with Crippen LogP contribution in [0.2, 0.25) is 0 Å². The lowest BCUT2D eigenvalue weighted by Gasteiger charge is -2.18. The summed E-state index contributed by atoms with van der Waals surface area (Å²) in [6.45, 7) is 1.46. The molecule has 0 saturated carbocycles. The van der Waals surface area contributed by atoms with E-state index in [1.54, 1.807) is 0 Å². The molecule has 0 aromatic heterocycles. The summed E-state index contributed by atoms with van der Waals surface area (Å²) in [5, 5.41) is 22.1. The van der Waals surface area contributed by atoms with E-state index in [0.717, 1.165) is 24.3 Å². The van der Waals surface area contributed by atoms with Gasteiger partial charge in [0.05, 0.1) is 6.10 Å². The number of aliphatic hydroxyl groups excluding tert-OH is 2. The molecule has 1 rings (SSSR count). The minimum atomic E-state index is -4.96. The molecule has 0 bridgehead atoms. The molecule has 0 aliphatic carbocycles. The lowest BCUT2D eigenvalue weighted by molar-refractivity contribution is -0.119. The summed E-state index contributed by atoms with van der Waals surface area (Å²) in [6, 6.07) is 4.17. The minimum Gasteiger partial charge on any atom is -0.390 e. The van der Waals surface area contributed by atoms with Crippen LogP contribution < -0.4 is 5.32 Å². The Morgan fingerprint density at radius 1 is 1.18 bits per heavy atom. The van der Waals surface area contributed by atoms with E-state index in [1.807, 2.05) is 0 Å². The molecule has 0 aliphatic heterocycles. The Bertz CT molecular complexity index is 528. The van der Waals surface area contributed by atoms with Gasteiger partial charge in [0.25, 0.3) is 5.78 Å². The lowest BCUT2D eigenvalue weighted by atomic mass is 9.99. The molecule has 1 aromatic rings. The highest BCUT2D eigenvalue weighted by molar-refractivity contribution is 6.00. The fraction of sp³-hybridized carbons (Fsp3) is 0.429. The summed E-state index contributed by atoms with van der Waals surface area (Å²) in [4.78, 5) is 21.7. The van der Waals surface area contributed by atoms with Crippen LogP contribution in [0, 0.1) is 0 Å². The standard InChI is InChI=1S/C14H16F3NO4/c1-8(19)18-7-6-11(20)12(21)9-2-4-10(5-3-9)13(22)14(15,16)17/h2-5,11-12,20-21H,6-7H2,1H3,(H,18,19). The number of rotatable bonds is 6. The third kappa shape index (κ3) is 5.12. The molecule has 0 radical (unpaired) electrons. The van der Waals surface area contributed by atoms with Gasteiger partial charge in [-0.3, -0.25) is 9.59 Å². The van der Waals surface area contributed by atoms with Crippen LogP contribution in [0.25, 0.3) is 0 Å². The highest BCUT2D eigenvalue weighted by Gasteiger charge is 2.39. The normalized spacial score (nSPS) is 14.3. The van der Waals surface area contributed by atoms with E-state index in [4.69, 9.17) is 0 Å². The summed E-state index contributed by atoms with van der Waals surface area (Å²) in [5.74, 6) is -2.25. The zero-order valence-electron chi connectivity index (χ0n) is 11.7. The number of Topliss-reactive ketones (excluding diaryl/α,β-unsaturated/α-hetero) is 1. The maximum absolute atomic E-state index is 12.3. The maximum Gasteiger partial charge on any atom is 0.454 e. The van der Waals surface area contributed by atoms with Gasteiger partial charge in [0.15, 0.2) is 0 Å². The van der Waals surface area contributed by atoms with E-state index in [2.05, 4.69) is 5.32 Å². The van der Waals surface area contributed by atoms with E-state index < -0.39 is 29.7 Å². The highest BCUT2D eigenvalue weighted by Crippen LogP contribution is 2.24. The molecule has 122 valence electrons. The Morgan fingerprint density at radius 3 is 2.18 bits per heavy atom. The number of halogens is 3. The largest absolute Gasteiger partial charge is 0.454 e. The number of ketones is 1. The maximum atomic E-state index is 12.3. The van der Waals surface area contributed by atoms with Gasteiger partial charge in [-0.25, -0.2) is 0 Å². The molecule has 0 spiro atoms. The molecule has 1 aromatic carbocycles. The predicted octanol–water partition coefficient (Wildman–Crippen LogP) is 1.35. The Morgan fingerprint density at radius 2 is 1.73 bits per heavy atom. The van der Waals surface area contributed by atoms with Crippen molar-refractivity contribution in [3.8, 4) is 0 Å². The average molecular weight is 319 g/mol. The fourth-order valence-electron chi connectivity index (χ4n) is 1.77. The van der Waals surface area contributed by atoms with Crippen molar-refractivity contribution < 1.29 is 33.0 Å². The SMILES string of the molecule is CC(=O)NCCC(O)C(O)c1ccc(C(=O)C(F)(F)F)cc1. The van der Waals surface area contributed by atoms with Crippen LogP contribution in [0.15, 0.2) is 24.3 Å². The third-order valence-corrected chi connectivity index (χ3v) is 2.95. The second kappa shape index (κ2) is 7.37. The highest BCUT2D eigenvalue weighted by atomic mass is 19.4. The number of carbonyl (C=O) groups is 2. The monoisotopic (exact) mass is 319 g/mol. The number of carbonyl (C=O) groups excluding carboxylic acids is 2. The quantitative estimate of drug-likeness (QED) is 0.691. The Hall–Kier alpha value is -1.93. The van der Waals surface area contributed by atoms with E-state index in [-0.39, 0.29) is 24.4 Å². The molecular formula is C14H16F3NO4. The number of alkyl halides is 3. The van der Waals surface area contributed by atoms with Crippen molar-refractivity contribution in [1.29, 1.82) is 0 Å². The Balaban J connectivity index is 2.69. The van der Waals surface area contributed by atoms with Gasteiger partial charge in [-0.15, -0.1) is 0 Å². The smallest absolute Gasteiger partial charge is 0.390 e. The molecule has 8 heteroatoms. The second-order valence-electron chi connectivity index (χ2n) is 4.73. The number of nitrogens with one attached hydrogen (secondary N) is 1. The van der Waals surface area contributed by atoms with E-state index in [9.17, 15) is 33.0 Å². The fourth-order valence-corrected chi connectivity index (χ4v) is 1.77. The summed E-state index contributed by atoms with van der Waals surface area (Å²) in [5.41, 5.74) is -0.370. The van der Waals surface area contributed by atoms with Crippen molar-refractivity contribution in [2.24, 2.45) is 0 Å². The van der Waals surface area contributed by atoms with Crippen LogP contribution in [0.5, 0.6) is 0 Å². The Kier molecular flexibility index (Phi) is 6.07. The summed E-state index contributed by atoms with van der Waals surface area (Å²) in [7, 11) is 0. The van der Waals surface area contributed by atoms with Gasteiger partial charge in [-0.2, -0.15) is 13.2 Å². The number of amides is 1. The molecule has 0 aliphatic rings. The zero-order chi connectivity index (χ0) is 16.9. The first-order valence-corrected chi connectivity index (χ1v) is 6.45. The third-order valence-electron chi connectivity index (χ3n) is 2.95. The van der Waals surface area contributed by atoms with Crippen LogP contribution >= 0.6 is 0 Å². The topological polar surface area (TPSA) is 86.6 Å². The van der Waals surface area contributed by atoms with Gasteiger partial charge in [0, 0.05) is 19.0 Å². The lowest BCUT2D eigenvalue weighted by Crippen LogP contribution is -2.27. The van der Waals surface area contributed by atoms with Gasteiger partial charge in [0.2, 0.25) is 5.91 Å². The molecule has 2 unspecified atom stereocenters. The summed E-state index contributed by atoms with van der Waals surface area (Å²) < 4.78 is 36.8. The van der Waals surface area contributed by atoms with Gasteiger partial charge < -0.3 is 15.5 Å². The average Bonchev–Trinajstić information content (AvgIpc) is 2.44. The Labute approximate surface area is 124 Å². The van der Waals surface area contributed by atoms with Crippen molar-refractivity contribution >= 4 is 11.7 Å². The van der Waals surface area contributed by atoms with Crippen LogP contribution in [-0.4, -0.2) is 40.7 Å². The first-order chi connectivity index (χ1) is 10.1. The van der Waals surface area contributed by atoms with E-state index in [0.29, 0.717) is 0 Å². The van der Waals surface area contributed by atoms with E-state index >= 15 is 0 Å².